The van der Waals surface area contributed by atoms with Crippen LogP contribution >= 0.6 is 11.6 Å². The summed E-state index contributed by atoms with van der Waals surface area (Å²) in [5.74, 6) is -0.498. The van der Waals surface area contributed by atoms with Crippen molar-refractivity contribution in [2.24, 2.45) is 5.14 Å². The molecule has 0 fully saturated rings. The first-order valence-corrected chi connectivity index (χ1v) is 7.77. The van der Waals surface area contributed by atoms with Gasteiger partial charge >= 0.3 is 0 Å². The van der Waals surface area contributed by atoms with E-state index in [0.717, 1.165) is 0 Å². The molecule has 1 heterocycles. The lowest BCUT2D eigenvalue weighted by Gasteiger charge is -2.08. The van der Waals surface area contributed by atoms with Crippen molar-refractivity contribution >= 4 is 33.2 Å². The summed E-state index contributed by atoms with van der Waals surface area (Å²) >= 11 is 5.71. The van der Waals surface area contributed by atoms with Gasteiger partial charge in [0.2, 0.25) is 10.0 Å². The van der Waals surface area contributed by atoms with Crippen molar-refractivity contribution in [3.8, 4) is 0 Å². The minimum atomic E-state index is -3.85. The average Bonchev–Trinajstić information content (AvgIpc) is 2.39. The lowest BCUT2D eigenvalue weighted by atomic mass is 10.2. The number of benzene rings is 1. The van der Waals surface area contributed by atoms with Gasteiger partial charge in [-0.25, -0.2) is 18.5 Å². The molecule has 0 aliphatic heterocycles. The van der Waals surface area contributed by atoms with Crippen molar-refractivity contribution in [1.82, 2.24) is 4.98 Å². The van der Waals surface area contributed by atoms with Crippen LogP contribution in [0.4, 0.5) is 5.69 Å². The number of amides is 1. The molecule has 110 valence electrons. The van der Waals surface area contributed by atoms with Gasteiger partial charge in [-0.15, -0.1) is 0 Å². The number of primary sulfonamides is 1. The van der Waals surface area contributed by atoms with Crippen molar-refractivity contribution in [2.45, 2.75) is 11.8 Å². The molecule has 0 aliphatic rings. The lowest BCUT2D eigenvalue weighted by molar-refractivity contribution is 0.102. The molecule has 0 saturated carbocycles. The fourth-order valence-corrected chi connectivity index (χ4v) is 2.69. The summed E-state index contributed by atoms with van der Waals surface area (Å²) in [7, 11) is -3.85. The first-order chi connectivity index (χ1) is 9.77. The smallest absolute Gasteiger partial charge is 0.274 e. The number of carbonyl (C=O) groups excluding carboxylic acids is 1. The van der Waals surface area contributed by atoms with Crippen LogP contribution in [0.15, 0.2) is 41.3 Å². The molecule has 3 N–H and O–H groups in total. The molecule has 1 amide bonds. The highest BCUT2D eigenvalue weighted by Crippen LogP contribution is 2.19. The van der Waals surface area contributed by atoms with Crippen LogP contribution in [0, 0.1) is 6.92 Å². The topological polar surface area (TPSA) is 102 Å². The number of aryl methyl sites for hydroxylation is 1. The molecule has 8 heteroatoms. The van der Waals surface area contributed by atoms with Gasteiger partial charge in [-0.05, 0) is 36.8 Å². The van der Waals surface area contributed by atoms with E-state index >= 15 is 0 Å². The number of nitrogens with two attached hydrogens (primary N) is 1. The number of hydrogen-bond donors (Lipinski definition) is 2. The number of rotatable bonds is 3. The number of anilines is 1. The third-order valence-corrected chi connectivity index (χ3v) is 3.96. The number of sulfonamides is 1. The van der Waals surface area contributed by atoms with E-state index in [1.54, 1.807) is 31.2 Å². The Morgan fingerprint density at radius 3 is 2.62 bits per heavy atom. The Bertz CT molecular complexity index is 806. The maximum absolute atomic E-state index is 12.0. The summed E-state index contributed by atoms with van der Waals surface area (Å²) in [5.41, 5.74) is 0.924. The zero-order chi connectivity index (χ0) is 15.6. The van der Waals surface area contributed by atoms with Crippen molar-refractivity contribution in [3.63, 3.8) is 0 Å². The fraction of sp³-hybridized carbons (Fsp3) is 0.0769. The summed E-state index contributed by atoms with van der Waals surface area (Å²) in [5, 5.41) is 7.85. The highest BCUT2D eigenvalue weighted by atomic mass is 35.5. The molecule has 0 radical (unpaired) electrons. The van der Waals surface area contributed by atoms with E-state index in [1.807, 2.05) is 0 Å². The van der Waals surface area contributed by atoms with Crippen LogP contribution < -0.4 is 10.5 Å². The number of carbonyl (C=O) groups is 1. The highest BCUT2D eigenvalue weighted by molar-refractivity contribution is 7.89. The van der Waals surface area contributed by atoms with Gasteiger partial charge < -0.3 is 5.32 Å². The van der Waals surface area contributed by atoms with Gasteiger partial charge in [-0.3, -0.25) is 4.79 Å². The molecule has 6 nitrogen and oxygen atoms in total. The van der Waals surface area contributed by atoms with Crippen LogP contribution in [0.3, 0.4) is 0 Å². The Balaban J connectivity index is 2.30. The van der Waals surface area contributed by atoms with Gasteiger partial charge in [-0.2, -0.15) is 0 Å². The Kier molecular flexibility index (Phi) is 4.26. The molecular formula is C13H12ClN3O3S. The number of hydrogen-bond acceptors (Lipinski definition) is 4. The maximum atomic E-state index is 12.0. The quantitative estimate of drug-likeness (QED) is 0.842. The third kappa shape index (κ3) is 3.78. The minimum Gasteiger partial charge on any atom is -0.321 e. The number of aromatic nitrogens is 1. The second-order valence-electron chi connectivity index (χ2n) is 4.32. The molecule has 0 atom stereocenters. The van der Waals surface area contributed by atoms with Crippen LogP contribution in [-0.4, -0.2) is 19.3 Å². The monoisotopic (exact) mass is 325 g/mol. The first-order valence-electron chi connectivity index (χ1n) is 5.85. The maximum Gasteiger partial charge on any atom is 0.274 e. The van der Waals surface area contributed by atoms with E-state index < -0.39 is 15.9 Å². The third-order valence-electron chi connectivity index (χ3n) is 2.70. The average molecular weight is 326 g/mol. The van der Waals surface area contributed by atoms with Crippen LogP contribution in [0.5, 0.6) is 0 Å². The first kappa shape index (κ1) is 15.4. The van der Waals surface area contributed by atoms with E-state index in [2.05, 4.69) is 10.3 Å². The van der Waals surface area contributed by atoms with E-state index in [0.29, 0.717) is 11.3 Å². The van der Waals surface area contributed by atoms with Crippen LogP contribution in [-0.2, 0) is 10.0 Å². The highest BCUT2D eigenvalue weighted by Gasteiger charge is 2.14. The second kappa shape index (κ2) is 5.80. The lowest BCUT2D eigenvalue weighted by Crippen LogP contribution is -2.16. The predicted molar refractivity (Wildman–Crippen MR) is 79.8 cm³/mol. The number of nitrogens with one attached hydrogen (secondary N) is 1. The van der Waals surface area contributed by atoms with E-state index in [9.17, 15) is 13.2 Å². The molecule has 1 aromatic carbocycles. The van der Waals surface area contributed by atoms with Gasteiger partial charge in [0.15, 0.2) is 0 Å². The van der Waals surface area contributed by atoms with Crippen molar-refractivity contribution in [1.29, 1.82) is 0 Å². The molecule has 0 unspecified atom stereocenters. The molecule has 0 aliphatic carbocycles. The van der Waals surface area contributed by atoms with Crippen LogP contribution in [0.1, 0.15) is 16.1 Å². The number of pyridine rings is 1. The summed E-state index contributed by atoms with van der Waals surface area (Å²) in [6.07, 6.45) is 0. The minimum absolute atomic E-state index is 0.0423. The predicted octanol–water partition coefficient (Wildman–Crippen LogP) is 1.94. The summed E-state index contributed by atoms with van der Waals surface area (Å²) in [6.45, 7) is 1.61. The largest absolute Gasteiger partial charge is 0.321 e. The van der Waals surface area contributed by atoms with Gasteiger partial charge in [-0.1, -0.05) is 23.7 Å². The Morgan fingerprint density at radius 1 is 1.29 bits per heavy atom. The van der Waals surface area contributed by atoms with E-state index in [4.69, 9.17) is 16.7 Å². The van der Waals surface area contributed by atoms with Crippen LogP contribution in [0.2, 0.25) is 5.15 Å². The van der Waals surface area contributed by atoms with Crippen molar-refractivity contribution < 1.29 is 13.2 Å². The normalized spacial score (nSPS) is 11.2. The molecule has 0 saturated heterocycles. The molecule has 0 spiro atoms. The van der Waals surface area contributed by atoms with Crippen molar-refractivity contribution in [3.05, 3.63) is 52.8 Å². The molecule has 2 rings (SSSR count). The van der Waals surface area contributed by atoms with E-state index in [-0.39, 0.29) is 15.7 Å². The molecule has 0 bridgehead atoms. The molecule has 21 heavy (non-hydrogen) atoms. The SMILES string of the molecule is Cc1ccc(NC(=O)c2cccc(Cl)n2)cc1S(N)(=O)=O. The van der Waals surface area contributed by atoms with Gasteiger partial charge in [0.05, 0.1) is 4.90 Å². The molecule has 2 aromatic rings. The fourth-order valence-electron chi connectivity index (χ4n) is 1.71. The van der Waals surface area contributed by atoms with Gasteiger partial charge in [0.1, 0.15) is 10.8 Å². The number of nitrogens with zero attached hydrogens (tertiary/aromatic N) is 1. The Hall–Kier alpha value is -1.96. The van der Waals surface area contributed by atoms with Gasteiger partial charge in [0.25, 0.3) is 5.91 Å². The van der Waals surface area contributed by atoms with Crippen LogP contribution in [0.25, 0.3) is 0 Å². The van der Waals surface area contributed by atoms with Gasteiger partial charge in [0, 0.05) is 5.69 Å². The van der Waals surface area contributed by atoms with E-state index in [1.165, 1.54) is 12.1 Å². The molecule has 1 aromatic heterocycles. The standard InChI is InChI=1S/C13H12ClN3O3S/c1-8-5-6-9(7-11(8)21(15,19)20)16-13(18)10-3-2-4-12(14)17-10/h2-7H,1H3,(H,16,18)(H2,15,19,20). The summed E-state index contributed by atoms with van der Waals surface area (Å²) < 4.78 is 22.9. The number of halogens is 1. The summed E-state index contributed by atoms with van der Waals surface area (Å²) in [6, 6.07) is 9.06. The molecular weight excluding hydrogens is 314 g/mol. The Labute approximate surface area is 127 Å². The zero-order valence-corrected chi connectivity index (χ0v) is 12.6. The summed E-state index contributed by atoms with van der Waals surface area (Å²) in [4.78, 5) is 15.8. The second-order valence-corrected chi connectivity index (χ2v) is 6.24. The Morgan fingerprint density at radius 2 is 2.00 bits per heavy atom. The zero-order valence-electron chi connectivity index (χ0n) is 11.0. The van der Waals surface area contributed by atoms with Crippen molar-refractivity contribution in [2.75, 3.05) is 5.32 Å².